The van der Waals surface area contributed by atoms with Gasteiger partial charge < -0.3 is 81.7 Å². The molecule has 59 heteroatoms. The summed E-state index contributed by atoms with van der Waals surface area (Å²) in [6, 6.07) is 0. The van der Waals surface area contributed by atoms with Gasteiger partial charge in [-0.25, -0.2) is 0 Å². The van der Waals surface area contributed by atoms with Gasteiger partial charge in [0.1, 0.15) is 0 Å². The van der Waals surface area contributed by atoms with Gasteiger partial charge >= 0.3 is 1150 Å². The van der Waals surface area contributed by atoms with Gasteiger partial charge in [0.15, 0.2) is 0 Å². The molecule has 0 saturated heterocycles. The first-order chi connectivity index (χ1) is 8.66. The zero-order valence-electron chi connectivity index (χ0n) is 86.6. The van der Waals surface area contributed by atoms with E-state index in [2.05, 4.69) is 0 Å². The zero-order valence-corrected chi connectivity index (χ0v) is 126. The fraction of sp³-hybridized carbons (Fsp3) is 0. The molecule has 0 aliphatic carbocycles. The summed E-state index contributed by atoms with van der Waals surface area (Å²) in [4.78, 5) is 41.8. The zero-order chi connectivity index (χ0) is 17.9. The van der Waals surface area contributed by atoms with Gasteiger partial charge in [0.2, 0.25) is 0 Å². The maximum atomic E-state index is 8.36. The van der Waals surface area contributed by atoms with Gasteiger partial charge in [0.05, 0.1) is 0 Å². The molecular weight excluding hydrogens is 1210 g/mol. The van der Waals surface area contributed by atoms with E-state index in [1.165, 1.54) is 0 Å². The van der Waals surface area contributed by atoms with Crippen LogP contribution in [0.5, 0.6) is 0 Å². The SMILES string of the molecule is O=[N+]([O-])O.O=[N+]([O-])O.O=[N+]([O-])O.O=[N+]([O-])O.O=[N+]([O-])O.[H-].[H-].[H-].[H-].[H-].[H-].[H-].[H-].[H-].[H-].[H-].[H-].[H-].[H-].[H-].[H-].[H-].[H-].[H-].[H-].[H-].[H-].[H-].[H-].[H-].[H-].[H-].[H-].[H-].[H-].[H-].[H-].[H-].[H-].[H-].[H-].[H-].[H-].[H-].[Na+].[Na+].[Na+].[Na+].[Na+].[Na+].[Na+].[Na+].[Na+].[Na+].[Na+].[Na+].[Na+].[Na+].[Na+].[Na+].[Na+].[Na+].[Na+].[Na+].[Na+].[Na+].[Na+].[Na+].[Na+].[Na+].[Na+].[Na+].[Na+].[Na+].[Na+].[Na+].[Na+].[Na+].[Na+].[Na+].[Na+].[Na+].[Na+]. The van der Waals surface area contributed by atoms with Crippen molar-refractivity contribution in [3.05, 3.63) is 50.6 Å². The second-order valence-electron chi connectivity index (χ2n) is 1.19. The van der Waals surface area contributed by atoms with Crippen molar-refractivity contribution in [2.24, 2.45) is 0 Å². The predicted octanol–water partition coefficient (Wildman–Crippen LogP) is -114. The van der Waals surface area contributed by atoms with Gasteiger partial charge in [-0.15, -0.1) is 50.6 Å². The van der Waals surface area contributed by atoms with Crippen molar-refractivity contribution in [2.45, 2.75) is 0 Å². The Morgan fingerprint density at radius 3 is 0.169 bits per heavy atom. The molecule has 0 spiro atoms. The van der Waals surface area contributed by atoms with E-state index in [0.29, 0.717) is 0 Å². The smallest absolute Gasteiger partial charge is 1.00 e. The van der Waals surface area contributed by atoms with Gasteiger partial charge in [-0.1, -0.05) is 0 Å². The van der Waals surface area contributed by atoms with Crippen LogP contribution >= 0.6 is 0 Å². The molecule has 5 N–H and O–H groups in total. The van der Waals surface area contributed by atoms with Crippen LogP contribution in [0.1, 0.15) is 55.6 Å². The van der Waals surface area contributed by atoms with Crippen LogP contribution in [0.3, 0.4) is 0 Å². The van der Waals surface area contributed by atoms with Crippen molar-refractivity contribution in [3.63, 3.8) is 0 Å². The van der Waals surface area contributed by atoms with Crippen molar-refractivity contribution >= 4 is 0 Å². The summed E-state index contributed by atoms with van der Waals surface area (Å²) in [6.07, 6.45) is 0. The molecule has 20 nitrogen and oxygen atoms in total. The Balaban J connectivity index is -0.000000000296. The number of rotatable bonds is 0. The average Bonchev–Trinajstić information content (AvgIpc) is 1.94. The predicted molar refractivity (Wildman–Crippen MR) is 87.3 cm³/mol. The van der Waals surface area contributed by atoms with Gasteiger partial charge in [0, 0.05) is 0 Å². The Labute approximate surface area is 1270 Å². The minimum Gasteiger partial charge on any atom is -1.00 e. The van der Waals surface area contributed by atoms with Crippen molar-refractivity contribution in [3.8, 4) is 0 Å². The Kier molecular flexibility index (Phi) is 1740. The molecule has 0 aromatic rings. The summed E-state index contributed by atoms with van der Waals surface area (Å²) >= 11 is 0. The largest absolute Gasteiger partial charge is 1.00 e. The minimum atomic E-state index is -1.50. The molecule has 0 radical (unpaired) electrons. The number of nitrogens with zero attached hydrogens (tertiary/aromatic N) is 5. The van der Waals surface area contributed by atoms with Crippen molar-refractivity contribution < 1.29 is 1260 Å². The minimum absolute atomic E-state index is 0. The second-order valence-corrected chi connectivity index (χ2v) is 1.19. The standard InChI is InChI=1S/5HNO3.39Na.39H/c5*2-1(3)4;;;;;;;;;;;;;;;;;;;;;;;;;;;;;;;;;;;;;;;;;;;;;;;;;;;;;;;;;;;;;;;;;;;;;;;;;;;;;;/h5*(H,2,3,4);;;;;;;;;;;;;;;;;;;;;;;;;;;;;;;;;;;;;;;;;;;;;;;;;;;;;;;;;;;;;;;;;;;;;;;;;;;;;;/q;;;;;39*+1;39*-1. The molecule has 0 bridgehead atoms. The van der Waals surface area contributed by atoms with Crippen LogP contribution in [0.2, 0.25) is 0 Å². The first kappa shape index (κ1) is 325. The van der Waals surface area contributed by atoms with E-state index in [9.17, 15) is 0 Å². The van der Waals surface area contributed by atoms with Gasteiger partial charge in [0.25, 0.3) is 25.4 Å². The monoisotopic (exact) mass is 1250 g/mol. The van der Waals surface area contributed by atoms with E-state index in [4.69, 9.17) is 76.6 Å². The third kappa shape index (κ3) is 629. The molecule has 0 fully saturated rings. The first-order valence-electron chi connectivity index (χ1n) is 2.83. The number of hydrogen-bond donors (Lipinski definition) is 5. The van der Waals surface area contributed by atoms with Crippen LogP contribution in [0.15, 0.2) is 0 Å². The van der Waals surface area contributed by atoms with Crippen LogP contribution in [0, 0.1) is 50.6 Å². The van der Waals surface area contributed by atoms with Crippen LogP contribution < -0.4 is 1150 Å². The van der Waals surface area contributed by atoms with Crippen molar-refractivity contribution in [1.82, 2.24) is 0 Å². The summed E-state index contributed by atoms with van der Waals surface area (Å²) < 4.78 is 0. The molecule has 198 valence electrons. The Morgan fingerprint density at radius 2 is 0.169 bits per heavy atom. The summed E-state index contributed by atoms with van der Waals surface area (Å²) in [5.74, 6) is 0. The molecule has 59 heavy (non-hydrogen) atoms. The molecule has 0 amide bonds. The average molecular weight is 1250 g/mol. The summed E-state index contributed by atoms with van der Waals surface area (Å²) in [5.41, 5.74) is 0. The van der Waals surface area contributed by atoms with Gasteiger partial charge in [-0.05, 0) is 0 Å². The van der Waals surface area contributed by atoms with Crippen LogP contribution in [-0.4, -0.2) is 51.5 Å². The summed E-state index contributed by atoms with van der Waals surface area (Å²) in [5, 5.41) is 68.2. The molecule has 0 rings (SSSR count). The quantitative estimate of drug-likeness (QED) is 0.0855. The molecule has 0 atom stereocenters. The molecule has 0 unspecified atom stereocenters. The van der Waals surface area contributed by atoms with Gasteiger partial charge in [-0.3, -0.25) is 0 Å². The van der Waals surface area contributed by atoms with E-state index < -0.39 is 25.4 Å². The topological polar surface area (TPSA) is 317 Å². The summed E-state index contributed by atoms with van der Waals surface area (Å²) in [6.45, 7) is 0. The number of hydrogen-bond acceptors (Lipinski definition) is 10. The Bertz CT molecular complexity index is 351. The first-order valence-corrected chi connectivity index (χ1v) is 2.83. The van der Waals surface area contributed by atoms with Crippen molar-refractivity contribution in [1.29, 1.82) is 0 Å². The van der Waals surface area contributed by atoms with Crippen LogP contribution in [0.4, 0.5) is 0 Å². The van der Waals surface area contributed by atoms with E-state index in [1.807, 2.05) is 0 Å². The van der Waals surface area contributed by atoms with Crippen LogP contribution in [0.25, 0.3) is 0 Å². The van der Waals surface area contributed by atoms with Crippen LogP contribution in [-0.2, 0) is 0 Å². The van der Waals surface area contributed by atoms with E-state index >= 15 is 0 Å². The fourth-order valence-corrected chi connectivity index (χ4v) is 0. The molecular formula is H44N5Na39O15. The van der Waals surface area contributed by atoms with E-state index in [1.54, 1.807) is 0 Å². The summed E-state index contributed by atoms with van der Waals surface area (Å²) in [7, 11) is 0. The van der Waals surface area contributed by atoms with Gasteiger partial charge in [-0.2, -0.15) is 0 Å². The van der Waals surface area contributed by atoms with E-state index in [0.717, 1.165) is 0 Å². The third-order valence-electron chi connectivity index (χ3n) is 0. The Morgan fingerprint density at radius 1 is 0.169 bits per heavy atom. The molecule has 0 aliphatic rings. The molecule has 0 aromatic heterocycles. The van der Waals surface area contributed by atoms with Crippen molar-refractivity contribution in [2.75, 3.05) is 0 Å². The van der Waals surface area contributed by atoms with E-state index in [-0.39, 0.29) is 1210 Å². The normalized spacial score (nSPS) is 2.03. The molecule has 0 saturated carbocycles. The molecule has 0 aliphatic heterocycles. The second kappa shape index (κ2) is 315. The Hall–Kier alpha value is 35.0. The maximum absolute atomic E-state index is 8.36. The third-order valence-corrected chi connectivity index (χ3v) is 0. The fourth-order valence-electron chi connectivity index (χ4n) is 0. The maximum Gasteiger partial charge on any atom is 1.00 e. The molecule has 0 aromatic carbocycles. The molecule has 0 heterocycles.